The molecule has 3 aromatic carbocycles. The topological polar surface area (TPSA) is 80.5 Å². The molecule has 0 spiro atoms. The van der Waals surface area contributed by atoms with Crippen LogP contribution >= 0.6 is 0 Å². The van der Waals surface area contributed by atoms with Crippen molar-refractivity contribution in [1.29, 1.82) is 0 Å². The molecule has 1 aliphatic rings. The van der Waals surface area contributed by atoms with Gasteiger partial charge in [-0.25, -0.2) is 9.18 Å². The number of methoxy groups -OCH3 is 1. The third kappa shape index (κ3) is 4.26. The minimum Gasteiger partial charge on any atom is -0.497 e. The molecule has 0 radical (unpaired) electrons. The van der Waals surface area contributed by atoms with Gasteiger partial charge in [0.2, 0.25) is 5.82 Å². The van der Waals surface area contributed by atoms with E-state index in [2.05, 4.69) is 15.5 Å². The fourth-order valence-electron chi connectivity index (χ4n) is 4.12. The number of anilines is 1. The number of carbonyl (C=O) groups is 1. The lowest BCUT2D eigenvalue weighted by Gasteiger charge is -2.35. The molecule has 1 aromatic heterocycles. The van der Waals surface area contributed by atoms with E-state index < -0.39 is 6.04 Å². The van der Waals surface area contributed by atoms with Gasteiger partial charge in [-0.3, -0.25) is 4.90 Å². The van der Waals surface area contributed by atoms with Gasteiger partial charge in [0.1, 0.15) is 11.6 Å². The second kappa shape index (κ2) is 9.06. The summed E-state index contributed by atoms with van der Waals surface area (Å²) >= 11 is 0. The lowest BCUT2D eigenvalue weighted by Crippen LogP contribution is -2.46. The van der Waals surface area contributed by atoms with Crippen molar-refractivity contribution >= 4 is 17.3 Å². The summed E-state index contributed by atoms with van der Waals surface area (Å²) in [6.45, 7) is 3.82. The molecule has 1 atom stereocenters. The summed E-state index contributed by atoms with van der Waals surface area (Å²) in [5.41, 5.74) is 4.53. The molecule has 0 bridgehead atoms. The first kappa shape index (κ1) is 22.3. The Kier molecular flexibility index (Phi) is 5.78. The number of benzene rings is 3. The molecule has 4 aromatic rings. The molecule has 5 rings (SSSR count). The maximum absolute atomic E-state index is 13.5. The Morgan fingerprint density at radius 1 is 0.971 bits per heavy atom. The van der Waals surface area contributed by atoms with Gasteiger partial charge in [0.15, 0.2) is 0 Å². The number of hydrogen-bond donors (Lipinski definition) is 1. The second-order valence-corrected chi connectivity index (χ2v) is 8.26. The van der Waals surface area contributed by atoms with Crippen molar-refractivity contribution in [3.05, 3.63) is 101 Å². The quantitative estimate of drug-likeness (QED) is 0.393. The van der Waals surface area contributed by atoms with Crippen LogP contribution < -0.4 is 15.0 Å². The van der Waals surface area contributed by atoms with Gasteiger partial charge in [-0.15, -0.1) is 0 Å². The molecule has 7 nitrogen and oxygen atoms in total. The van der Waals surface area contributed by atoms with E-state index in [9.17, 15) is 9.18 Å². The van der Waals surface area contributed by atoms with Gasteiger partial charge in [-0.1, -0.05) is 35.0 Å². The van der Waals surface area contributed by atoms with Crippen molar-refractivity contribution < 1.29 is 18.4 Å². The standard InChI is InChI=1S/C27H23FN4O3/c1-16-4-6-18(7-5-16)24-23(17(2)32(27(33)29-24)21-12-10-20(28)11-13-21)26-30-25(31-35-26)19-8-14-22(34-3)15-9-19/h4-15,24H,1-3H3,(H,29,33). The van der Waals surface area contributed by atoms with E-state index in [0.717, 1.165) is 22.4 Å². The summed E-state index contributed by atoms with van der Waals surface area (Å²) in [5, 5.41) is 7.23. The van der Waals surface area contributed by atoms with Crippen LogP contribution in [-0.2, 0) is 0 Å². The lowest BCUT2D eigenvalue weighted by atomic mass is 9.94. The number of aromatic nitrogens is 2. The third-order valence-corrected chi connectivity index (χ3v) is 5.98. The van der Waals surface area contributed by atoms with Gasteiger partial charge in [0.25, 0.3) is 5.89 Å². The number of rotatable bonds is 5. The van der Waals surface area contributed by atoms with Crippen LogP contribution in [0, 0.1) is 12.7 Å². The normalized spacial score (nSPS) is 15.8. The molecule has 8 heteroatoms. The first-order valence-electron chi connectivity index (χ1n) is 11.1. The zero-order chi connectivity index (χ0) is 24.5. The molecule has 1 aliphatic heterocycles. The first-order chi connectivity index (χ1) is 16.9. The summed E-state index contributed by atoms with van der Waals surface area (Å²) in [6.07, 6.45) is 0. The molecular weight excluding hydrogens is 447 g/mol. The number of amides is 2. The molecule has 0 saturated heterocycles. The Hall–Kier alpha value is -4.46. The van der Waals surface area contributed by atoms with Gasteiger partial charge in [-0.05, 0) is 67.9 Å². The van der Waals surface area contributed by atoms with Crippen LogP contribution in [0.25, 0.3) is 17.0 Å². The Bertz CT molecular complexity index is 1390. The molecule has 176 valence electrons. The molecule has 0 saturated carbocycles. The SMILES string of the molecule is COc1ccc(-c2noc(C3=C(C)N(c4ccc(F)cc4)C(=O)NC3c3ccc(C)cc3)n2)cc1. The Morgan fingerprint density at radius 2 is 1.66 bits per heavy atom. The zero-order valence-electron chi connectivity index (χ0n) is 19.4. The van der Waals surface area contributed by atoms with Gasteiger partial charge < -0.3 is 14.6 Å². The number of hydrogen-bond acceptors (Lipinski definition) is 5. The zero-order valence-corrected chi connectivity index (χ0v) is 19.4. The highest BCUT2D eigenvalue weighted by atomic mass is 19.1. The van der Waals surface area contributed by atoms with Crippen molar-refractivity contribution in [1.82, 2.24) is 15.5 Å². The maximum Gasteiger partial charge on any atom is 0.326 e. The van der Waals surface area contributed by atoms with Crippen molar-refractivity contribution in [3.63, 3.8) is 0 Å². The van der Waals surface area contributed by atoms with Crippen LogP contribution in [-0.4, -0.2) is 23.3 Å². The van der Waals surface area contributed by atoms with E-state index in [1.807, 2.05) is 62.4 Å². The van der Waals surface area contributed by atoms with Crippen molar-refractivity contribution in [2.45, 2.75) is 19.9 Å². The van der Waals surface area contributed by atoms with Crippen molar-refractivity contribution in [3.8, 4) is 17.1 Å². The molecule has 1 unspecified atom stereocenters. The number of aryl methyl sites for hydroxylation is 1. The lowest BCUT2D eigenvalue weighted by molar-refractivity contribution is 0.244. The average molecular weight is 471 g/mol. The Morgan fingerprint density at radius 3 is 2.31 bits per heavy atom. The highest BCUT2D eigenvalue weighted by Crippen LogP contribution is 2.39. The van der Waals surface area contributed by atoms with E-state index in [4.69, 9.17) is 9.26 Å². The minimum absolute atomic E-state index is 0.283. The van der Waals surface area contributed by atoms with Crippen molar-refractivity contribution in [2.75, 3.05) is 12.0 Å². The van der Waals surface area contributed by atoms with Crippen LogP contribution in [0.5, 0.6) is 5.75 Å². The molecular formula is C27H23FN4O3. The smallest absolute Gasteiger partial charge is 0.326 e. The Balaban J connectivity index is 1.62. The number of ether oxygens (including phenoxy) is 1. The van der Waals surface area contributed by atoms with Crippen LogP contribution in [0.4, 0.5) is 14.9 Å². The van der Waals surface area contributed by atoms with Crippen LogP contribution in [0.3, 0.4) is 0 Å². The molecule has 2 amide bonds. The molecule has 1 N–H and O–H groups in total. The first-order valence-corrected chi connectivity index (χ1v) is 11.1. The molecule has 35 heavy (non-hydrogen) atoms. The van der Waals surface area contributed by atoms with Crippen LogP contribution in [0.2, 0.25) is 0 Å². The minimum atomic E-state index is -0.510. The molecule has 0 aliphatic carbocycles. The van der Waals surface area contributed by atoms with Gasteiger partial charge >= 0.3 is 6.03 Å². The van der Waals surface area contributed by atoms with Gasteiger partial charge in [-0.2, -0.15) is 4.98 Å². The summed E-state index contributed by atoms with van der Waals surface area (Å²) in [6, 6.07) is 20.1. The predicted octanol–water partition coefficient (Wildman–Crippen LogP) is 5.89. The fraction of sp³-hybridized carbons (Fsp3) is 0.148. The predicted molar refractivity (Wildman–Crippen MR) is 130 cm³/mol. The number of nitrogens with zero attached hydrogens (tertiary/aromatic N) is 3. The van der Waals surface area contributed by atoms with Crippen molar-refractivity contribution in [2.24, 2.45) is 0 Å². The Labute approximate surface area is 201 Å². The van der Waals surface area contributed by atoms with E-state index >= 15 is 0 Å². The summed E-state index contributed by atoms with van der Waals surface area (Å²) < 4.78 is 24.5. The van der Waals surface area contributed by atoms with Gasteiger partial charge in [0.05, 0.1) is 24.4 Å². The highest BCUT2D eigenvalue weighted by Gasteiger charge is 2.36. The largest absolute Gasteiger partial charge is 0.497 e. The van der Waals surface area contributed by atoms with E-state index in [1.165, 1.54) is 17.0 Å². The third-order valence-electron chi connectivity index (χ3n) is 5.98. The summed E-state index contributed by atoms with van der Waals surface area (Å²) in [7, 11) is 1.60. The number of carbonyl (C=O) groups excluding carboxylic acids is 1. The monoisotopic (exact) mass is 470 g/mol. The summed E-state index contributed by atoms with van der Waals surface area (Å²) in [4.78, 5) is 19.4. The average Bonchev–Trinajstić information content (AvgIpc) is 3.35. The van der Waals surface area contributed by atoms with Gasteiger partial charge in [0, 0.05) is 11.3 Å². The molecule has 2 heterocycles. The number of nitrogens with one attached hydrogen (secondary N) is 1. The fourth-order valence-corrected chi connectivity index (χ4v) is 4.12. The summed E-state index contributed by atoms with van der Waals surface area (Å²) in [5.74, 6) is 1.04. The maximum atomic E-state index is 13.5. The number of halogens is 1. The second-order valence-electron chi connectivity index (χ2n) is 8.26. The number of allylic oxidation sites excluding steroid dienone is 1. The van der Waals surface area contributed by atoms with Crippen LogP contribution in [0.1, 0.15) is 30.0 Å². The molecule has 0 fully saturated rings. The number of urea groups is 1. The highest BCUT2D eigenvalue weighted by molar-refractivity contribution is 6.01. The van der Waals surface area contributed by atoms with E-state index in [1.54, 1.807) is 19.2 Å². The van der Waals surface area contributed by atoms with E-state index in [0.29, 0.717) is 22.8 Å². The van der Waals surface area contributed by atoms with E-state index in [-0.39, 0.29) is 17.7 Å². The van der Waals surface area contributed by atoms with Crippen LogP contribution in [0.15, 0.2) is 83.0 Å².